The molecule has 3 saturated heterocycles. The highest BCUT2D eigenvalue weighted by Gasteiger charge is 2.34. The minimum absolute atomic E-state index is 0.0764. The SMILES string of the molecule is NC(=O)c1cc2cc(C(=O)N[C@H]3CN4CCC3CC4)ccc2o1. The Morgan fingerprint density at radius 3 is 2.65 bits per heavy atom. The van der Waals surface area contributed by atoms with Gasteiger partial charge >= 0.3 is 0 Å². The first-order valence-corrected chi connectivity index (χ1v) is 7.97. The van der Waals surface area contributed by atoms with Crippen molar-refractivity contribution >= 4 is 22.8 Å². The van der Waals surface area contributed by atoms with Crippen molar-refractivity contribution in [2.24, 2.45) is 11.7 Å². The number of furan rings is 1. The summed E-state index contributed by atoms with van der Waals surface area (Å²) in [4.78, 5) is 26.1. The summed E-state index contributed by atoms with van der Waals surface area (Å²) in [6, 6.07) is 6.96. The van der Waals surface area contributed by atoms with E-state index in [-0.39, 0.29) is 17.7 Å². The summed E-state index contributed by atoms with van der Waals surface area (Å²) >= 11 is 0. The number of carbonyl (C=O) groups excluding carboxylic acids is 2. The summed E-state index contributed by atoms with van der Waals surface area (Å²) in [7, 11) is 0. The fourth-order valence-electron chi connectivity index (χ4n) is 3.69. The van der Waals surface area contributed by atoms with Crippen LogP contribution in [0.25, 0.3) is 11.0 Å². The van der Waals surface area contributed by atoms with Gasteiger partial charge in [-0.1, -0.05) is 0 Å². The van der Waals surface area contributed by atoms with Crippen LogP contribution in [0.5, 0.6) is 0 Å². The van der Waals surface area contributed by atoms with Crippen LogP contribution in [0.1, 0.15) is 33.8 Å². The van der Waals surface area contributed by atoms with Crippen LogP contribution in [0.4, 0.5) is 0 Å². The number of rotatable bonds is 3. The molecule has 1 aromatic carbocycles. The minimum atomic E-state index is -0.612. The molecule has 23 heavy (non-hydrogen) atoms. The number of nitrogens with zero attached hydrogens (tertiary/aromatic N) is 1. The van der Waals surface area contributed by atoms with Crippen molar-refractivity contribution in [3.8, 4) is 0 Å². The highest BCUT2D eigenvalue weighted by molar-refractivity contribution is 6.00. The second-order valence-corrected chi connectivity index (χ2v) is 6.45. The molecule has 0 saturated carbocycles. The van der Waals surface area contributed by atoms with Gasteiger partial charge in [0.2, 0.25) is 0 Å². The second kappa shape index (κ2) is 5.38. The Morgan fingerprint density at radius 1 is 1.22 bits per heavy atom. The summed E-state index contributed by atoms with van der Waals surface area (Å²) in [6.45, 7) is 3.23. The number of nitrogens with one attached hydrogen (secondary N) is 1. The normalized spacial score (nSPS) is 26.3. The van der Waals surface area contributed by atoms with E-state index < -0.39 is 5.91 Å². The Balaban J connectivity index is 1.54. The van der Waals surface area contributed by atoms with Gasteiger partial charge in [0, 0.05) is 23.5 Å². The van der Waals surface area contributed by atoms with Crippen molar-refractivity contribution in [3.05, 3.63) is 35.6 Å². The lowest BCUT2D eigenvalue weighted by molar-refractivity contribution is 0.0620. The molecule has 3 aliphatic rings. The molecule has 0 radical (unpaired) electrons. The highest BCUT2D eigenvalue weighted by Crippen LogP contribution is 2.28. The Hall–Kier alpha value is -2.34. The van der Waals surface area contributed by atoms with E-state index in [1.165, 1.54) is 0 Å². The van der Waals surface area contributed by atoms with Crippen molar-refractivity contribution in [3.63, 3.8) is 0 Å². The number of carbonyl (C=O) groups is 2. The van der Waals surface area contributed by atoms with Crippen molar-refractivity contribution in [2.45, 2.75) is 18.9 Å². The number of hydrogen-bond acceptors (Lipinski definition) is 4. The third-order valence-electron chi connectivity index (χ3n) is 4.99. The van der Waals surface area contributed by atoms with E-state index >= 15 is 0 Å². The first-order valence-electron chi connectivity index (χ1n) is 7.97. The minimum Gasteiger partial charge on any atom is -0.451 e. The molecular weight excluding hydrogens is 294 g/mol. The first kappa shape index (κ1) is 14.3. The van der Waals surface area contributed by atoms with Gasteiger partial charge in [0.15, 0.2) is 5.76 Å². The van der Waals surface area contributed by atoms with Crippen LogP contribution in [-0.2, 0) is 0 Å². The van der Waals surface area contributed by atoms with Gasteiger partial charge in [0.1, 0.15) is 5.58 Å². The van der Waals surface area contributed by atoms with Crippen LogP contribution in [0.15, 0.2) is 28.7 Å². The highest BCUT2D eigenvalue weighted by atomic mass is 16.3. The fraction of sp³-hybridized carbons (Fsp3) is 0.412. The fourth-order valence-corrected chi connectivity index (χ4v) is 3.69. The zero-order valence-corrected chi connectivity index (χ0v) is 12.7. The molecule has 1 aromatic heterocycles. The smallest absolute Gasteiger partial charge is 0.284 e. The predicted octanol–water partition coefficient (Wildman–Crippen LogP) is 1.36. The van der Waals surface area contributed by atoms with Gasteiger partial charge in [-0.2, -0.15) is 0 Å². The van der Waals surface area contributed by atoms with E-state index in [1.54, 1.807) is 24.3 Å². The number of nitrogens with two attached hydrogens (primary N) is 1. The monoisotopic (exact) mass is 313 g/mol. The van der Waals surface area contributed by atoms with Crippen LogP contribution < -0.4 is 11.1 Å². The third-order valence-corrected chi connectivity index (χ3v) is 4.99. The molecule has 1 atom stereocenters. The second-order valence-electron chi connectivity index (χ2n) is 6.45. The van der Waals surface area contributed by atoms with Crippen LogP contribution in [-0.4, -0.2) is 42.4 Å². The summed E-state index contributed by atoms with van der Waals surface area (Å²) in [5.74, 6) is 0.00461. The molecule has 5 rings (SSSR count). The average Bonchev–Trinajstić information content (AvgIpc) is 2.99. The van der Waals surface area contributed by atoms with Crippen molar-refractivity contribution in [1.29, 1.82) is 0 Å². The molecule has 2 amide bonds. The molecule has 0 aliphatic carbocycles. The Bertz CT molecular complexity index is 774. The quantitative estimate of drug-likeness (QED) is 0.895. The maximum Gasteiger partial charge on any atom is 0.284 e. The zero-order chi connectivity index (χ0) is 16.0. The van der Waals surface area contributed by atoms with E-state index in [4.69, 9.17) is 10.2 Å². The Morgan fingerprint density at radius 2 is 2.00 bits per heavy atom. The standard InChI is InChI=1S/C17H19N3O3/c18-16(21)15-8-12-7-11(1-2-14(12)23-15)17(22)19-13-9-20-5-3-10(13)4-6-20/h1-2,7-8,10,13H,3-6,9H2,(H2,18,21)(H,19,22)/t13-/m0/s1. The largest absolute Gasteiger partial charge is 0.451 e. The van der Waals surface area contributed by atoms with Crippen LogP contribution >= 0.6 is 0 Å². The molecule has 120 valence electrons. The molecule has 2 aromatic rings. The van der Waals surface area contributed by atoms with E-state index in [0.717, 1.165) is 32.5 Å². The maximum atomic E-state index is 12.5. The molecule has 0 unspecified atom stereocenters. The Labute approximate surface area is 133 Å². The van der Waals surface area contributed by atoms with Gasteiger partial charge in [0.05, 0.1) is 0 Å². The molecule has 4 heterocycles. The number of benzene rings is 1. The van der Waals surface area contributed by atoms with Gasteiger partial charge in [-0.25, -0.2) is 0 Å². The summed E-state index contributed by atoms with van der Waals surface area (Å²) in [5, 5.41) is 3.87. The number of primary amides is 1. The van der Waals surface area contributed by atoms with E-state index in [9.17, 15) is 9.59 Å². The summed E-state index contributed by atoms with van der Waals surface area (Å²) in [5.41, 5.74) is 6.35. The summed E-state index contributed by atoms with van der Waals surface area (Å²) in [6.07, 6.45) is 2.32. The van der Waals surface area contributed by atoms with Crippen molar-refractivity contribution < 1.29 is 14.0 Å². The van der Waals surface area contributed by atoms with Crippen LogP contribution in [0, 0.1) is 5.92 Å². The van der Waals surface area contributed by atoms with E-state index in [1.807, 2.05) is 0 Å². The molecule has 3 N–H and O–H groups in total. The molecule has 2 bridgehead atoms. The molecule has 6 heteroatoms. The number of amides is 2. The van der Waals surface area contributed by atoms with Gasteiger partial charge in [-0.05, 0) is 56.1 Å². The predicted molar refractivity (Wildman–Crippen MR) is 85.2 cm³/mol. The molecule has 0 spiro atoms. The van der Waals surface area contributed by atoms with E-state index in [0.29, 0.717) is 22.5 Å². The van der Waals surface area contributed by atoms with Gasteiger partial charge in [-0.3, -0.25) is 9.59 Å². The van der Waals surface area contributed by atoms with Gasteiger partial charge < -0.3 is 20.4 Å². The summed E-state index contributed by atoms with van der Waals surface area (Å²) < 4.78 is 5.34. The third kappa shape index (κ3) is 2.59. The topological polar surface area (TPSA) is 88.6 Å². The van der Waals surface area contributed by atoms with Crippen molar-refractivity contribution in [2.75, 3.05) is 19.6 Å². The number of hydrogen-bond donors (Lipinski definition) is 2. The maximum absolute atomic E-state index is 12.5. The van der Waals surface area contributed by atoms with Crippen LogP contribution in [0.2, 0.25) is 0 Å². The average molecular weight is 313 g/mol. The zero-order valence-electron chi connectivity index (χ0n) is 12.7. The number of fused-ring (bicyclic) bond motifs is 4. The lowest BCUT2D eigenvalue weighted by Crippen LogP contribution is -2.57. The van der Waals surface area contributed by atoms with Gasteiger partial charge in [0.25, 0.3) is 11.8 Å². The Kier molecular flexibility index (Phi) is 3.34. The molecular formula is C17H19N3O3. The van der Waals surface area contributed by atoms with Gasteiger partial charge in [-0.15, -0.1) is 0 Å². The molecule has 3 fully saturated rings. The van der Waals surface area contributed by atoms with Crippen molar-refractivity contribution in [1.82, 2.24) is 10.2 Å². The molecule has 3 aliphatic heterocycles. The lowest BCUT2D eigenvalue weighted by atomic mass is 9.84. The van der Waals surface area contributed by atoms with Crippen LogP contribution in [0.3, 0.4) is 0 Å². The first-order chi connectivity index (χ1) is 11.1. The molecule has 6 nitrogen and oxygen atoms in total. The number of piperidine rings is 3. The lowest BCUT2D eigenvalue weighted by Gasteiger charge is -2.44. The van der Waals surface area contributed by atoms with E-state index in [2.05, 4.69) is 10.2 Å².